The van der Waals surface area contributed by atoms with Crippen LogP contribution in [0.25, 0.3) is 0 Å². The Morgan fingerprint density at radius 1 is 1.29 bits per heavy atom. The molecular weight excluding hydrogens is 354 g/mol. The van der Waals surface area contributed by atoms with Gasteiger partial charge >= 0.3 is 5.97 Å². The predicted molar refractivity (Wildman–Crippen MR) is 86.8 cm³/mol. The van der Waals surface area contributed by atoms with Crippen molar-refractivity contribution in [1.82, 2.24) is 0 Å². The lowest BCUT2D eigenvalue weighted by Gasteiger charge is -2.09. The second kappa shape index (κ2) is 6.37. The van der Waals surface area contributed by atoms with E-state index in [0.29, 0.717) is 15.6 Å². The lowest BCUT2D eigenvalue weighted by Crippen LogP contribution is -2.11. The zero-order valence-electron chi connectivity index (χ0n) is 11.5. The lowest BCUT2D eigenvalue weighted by atomic mass is 10.1. The number of hydrogen-bond acceptors (Lipinski definition) is 2. The topological polar surface area (TPSA) is 26.3 Å². The van der Waals surface area contributed by atoms with Crippen molar-refractivity contribution >= 4 is 52.4 Å². The van der Waals surface area contributed by atoms with Crippen molar-refractivity contribution in [2.45, 2.75) is 20.5 Å². The molecule has 0 amide bonds. The SMILES string of the molecule is CC1(C)[C@H](C(=O)OCc2c(Cl)cccc2Cl)[C@@H]1C=C(Cl)Cl. The third kappa shape index (κ3) is 3.68. The Bertz CT molecular complexity index is 571. The summed E-state index contributed by atoms with van der Waals surface area (Å²) in [5.41, 5.74) is 0.395. The van der Waals surface area contributed by atoms with Crippen molar-refractivity contribution in [3.05, 3.63) is 44.4 Å². The molecule has 0 radical (unpaired) electrons. The maximum Gasteiger partial charge on any atom is 0.310 e. The molecule has 1 aliphatic rings. The van der Waals surface area contributed by atoms with Crippen molar-refractivity contribution in [3.63, 3.8) is 0 Å². The summed E-state index contributed by atoms with van der Waals surface area (Å²) in [6.07, 6.45) is 1.68. The highest BCUT2D eigenvalue weighted by Gasteiger charge is 2.61. The van der Waals surface area contributed by atoms with E-state index in [2.05, 4.69) is 0 Å². The number of ether oxygens (including phenoxy) is 1. The Morgan fingerprint density at radius 2 is 1.86 bits per heavy atom. The number of hydrogen-bond donors (Lipinski definition) is 0. The average molecular weight is 368 g/mol. The van der Waals surface area contributed by atoms with Gasteiger partial charge < -0.3 is 4.74 Å². The van der Waals surface area contributed by atoms with Gasteiger partial charge in [0.2, 0.25) is 0 Å². The van der Waals surface area contributed by atoms with E-state index in [-0.39, 0.29) is 34.3 Å². The molecule has 0 bridgehead atoms. The first-order valence-electron chi connectivity index (χ1n) is 6.37. The third-order valence-corrected chi connectivity index (χ3v) is 4.85. The molecule has 1 fully saturated rings. The van der Waals surface area contributed by atoms with Crippen molar-refractivity contribution in [3.8, 4) is 0 Å². The van der Waals surface area contributed by atoms with Crippen molar-refractivity contribution < 1.29 is 9.53 Å². The van der Waals surface area contributed by atoms with Crippen LogP contribution in [0.3, 0.4) is 0 Å². The number of allylic oxidation sites excluding steroid dienone is 1. The van der Waals surface area contributed by atoms with Crippen LogP contribution < -0.4 is 0 Å². The van der Waals surface area contributed by atoms with Gasteiger partial charge in [-0.1, -0.05) is 66.3 Å². The van der Waals surface area contributed by atoms with Crippen molar-refractivity contribution in [2.24, 2.45) is 17.3 Å². The van der Waals surface area contributed by atoms with Gasteiger partial charge in [-0.3, -0.25) is 4.79 Å². The zero-order valence-corrected chi connectivity index (χ0v) is 14.5. The second-order valence-corrected chi connectivity index (χ2v) is 7.41. The molecule has 1 aliphatic carbocycles. The van der Waals surface area contributed by atoms with E-state index in [0.717, 1.165) is 0 Å². The Morgan fingerprint density at radius 3 is 2.38 bits per heavy atom. The molecule has 0 spiro atoms. The van der Waals surface area contributed by atoms with Crippen LogP contribution >= 0.6 is 46.4 Å². The third-order valence-electron chi connectivity index (χ3n) is 3.89. The number of halogens is 4. The van der Waals surface area contributed by atoms with Gasteiger partial charge in [0.05, 0.1) is 5.92 Å². The first-order valence-corrected chi connectivity index (χ1v) is 7.88. The fourth-order valence-corrected chi connectivity index (χ4v) is 3.26. The summed E-state index contributed by atoms with van der Waals surface area (Å²) in [4.78, 5) is 12.2. The Balaban J connectivity index is 2.02. The van der Waals surface area contributed by atoms with E-state index in [4.69, 9.17) is 51.1 Å². The summed E-state index contributed by atoms with van der Waals surface area (Å²) in [5, 5.41) is 0.955. The molecule has 6 heteroatoms. The van der Waals surface area contributed by atoms with E-state index in [9.17, 15) is 4.79 Å². The maximum atomic E-state index is 12.2. The number of esters is 1. The summed E-state index contributed by atoms with van der Waals surface area (Å²) in [7, 11) is 0. The normalized spacial score (nSPS) is 22.6. The number of carbonyl (C=O) groups excluding carboxylic acids is 1. The van der Waals surface area contributed by atoms with E-state index in [1.807, 2.05) is 13.8 Å². The Kier molecular flexibility index (Phi) is 5.15. The smallest absolute Gasteiger partial charge is 0.310 e. The van der Waals surface area contributed by atoms with Gasteiger partial charge in [-0.05, 0) is 29.5 Å². The predicted octanol–water partition coefficient (Wildman–Crippen LogP) is 5.63. The number of rotatable bonds is 4. The Labute approximate surface area is 144 Å². The monoisotopic (exact) mass is 366 g/mol. The summed E-state index contributed by atoms with van der Waals surface area (Å²) in [6, 6.07) is 5.15. The van der Waals surface area contributed by atoms with Crippen molar-refractivity contribution in [2.75, 3.05) is 0 Å². The van der Waals surface area contributed by atoms with Gasteiger partial charge in [-0.25, -0.2) is 0 Å². The van der Waals surface area contributed by atoms with Gasteiger partial charge in [0.1, 0.15) is 11.1 Å². The first-order chi connectivity index (χ1) is 9.75. The number of benzene rings is 1. The molecule has 1 saturated carbocycles. The molecular formula is C15H14Cl4O2. The van der Waals surface area contributed by atoms with E-state index in [1.54, 1.807) is 24.3 Å². The number of carbonyl (C=O) groups is 1. The van der Waals surface area contributed by atoms with Crippen LogP contribution in [-0.4, -0.2) is 5.97 Å². The van der Waals surface area contributed by atoms with Gasteiger partial charge in [0, 0.05) is 15.6 Å². The average Bonchev–Trinajstić information content (AvgIpc) is 2.89. The minimum atomic E-state index is -0.299. The highest BCUT2D eigenvalue weighted by molar-refractivity contribution is 6.55. The molecule has 2 rings (SSSR count). The van der Waals surface area contributed by atoms with E-state index >= 15 is 0 Å². The first kappa shape index (κ1) is 17.0. The van der Waals surface area contributed by atoms with E-state index in [1.165, 1.54) is 0 Å². The molecule has 114 valence electrons. The van der Waals surface area contributed by atoms with Gasteiger partial charge in [-0.15, -0.1) is 0 Å². The molecule has 0 aliphatic heterocycles. The molecule has 2 nitrogen and oxygen atoms in total. The summed E-state index contributed by atoms with van der Waals surface area (Å²) in [5.74, 6) is -0.574. The summed E-state index contributed by atoms with van der Waals surface area (Å²) in [6.45, 7) is 3.99. The molecule has 0 N–H and O–H groups in total. The minimum Gasteiger partial charge on any atom is -0.460 e. The largest absolute Gasteiger partial charge is 0.460 e. The molecule has 2 atom stereocenters. The van der Waals surface area contributed by atoms with Crippen LogP contribution in [0.2, 0.25) is 10.0 Å². The highest BCUT2D eigenvalue weighted by atomic mass is 35.5. The lowest BCUT2D eigenvalue weighted by molar-refractivity contribution is -0.147. The summed E-state index contributed by atoms with van der Waals surface area (Å²) < 4.78 is 5.50. The van der Waals surface area contributed by atoms with Crippen LogP contribution in [-0.2, 0) is 16.1 Å². The Hall–Kier alpha value is -0.410. The molecule has 0 saturated heterocycles. The fraction of sp³-hybridized carbons (Fsp3) is 0.400. The van der Waals surface area contributed by atoms with Crippen LogP contribution in [0.1, 0.15) is 19.4 Å². The van der Waals surface area contributed by atoms with Crippen LogP contribution in [0.15, 0.2) is 28.8 Å². The van der Waals surface area contributed by atoms with Gasteiger partial charge in [-0.2, -0.15) is 0 Å². The molecule has 1 aromatic rings. The van der Waals surface area contributed by atoms with Crippen LogP contribution in [0, 0.1) is 17.3 Å². The van der Waals surface area contributed by atoms with Gasteiger partial charge in [0.15, 0.2) is 0 Å². The van der Waals surface area contributed by atoms with Crippen LogP contribution in [0.4, 0.5) is 0 Å². The van der Waals surface area contributed by atoms with E-state index < -0.39 is 0 Å². The molecule has 21 heavy (non-hydrogen) atoms. The highest BCUT2D eigenvalue weighted by Crippen LogP contribution is 2.60. The quantitative estimate of drug-likeness (QED) is 0.644. The fourth-order valence-electron chi connectivity index (χ4n) is 2.48. The molecule has 0 unspecified atom stereocenters. The van der Waals surface area contributed by atoms with Gasteiger partial charge in [0.25, 0.3) is 0 Å². The second-order valence-electron chi connectivity index (χ2n) is 5.59. The molecule has 0 aromatic heterocycles. The molecule has 0 heterocycles. The summed E-state index contributed by atoms with van der Waals surface area (Å²) >= 11 is 23.4. The molecule has 1 aromatic carbocycles. The standard InChI is InChI=1S/C15H14Cl4O2/c1-15(2)9(6-12(18)19)13(15)14(20)21-7-8-10(16)4-3-5-11(8)17/h3-6,9,13H,7H2,1-2H3/t9-,13-/m0/s1. The maximum absolute atomic E-state index is 12.2. The van der Waals surface area contributed by atoms with Crippen LogP contribution in [0.5, 0.6) is 0 Å². The zero-order chi connectivity index (χ0) is 15.8. The minimum absolute atomic E-state index is 0.0169. The van der Waals surface area contributed by atoms with Crippen molar-refractivity contribution in [1.29, 1.82) is 0 Å².